The topological polar surface area (TPSA) is 9.23 Å². The van der Waals surface area contributed by atoms with Gasteiger partial charge < -0.3 is 4.74 Å². The molecule has 0 amide bonds. The Morgan fingerprint density at radius 2 is 1.30 bits per heavy atom. The Bertz CT molecular complexity index is 40.7. The largest absolute Gasteiger partial charge is 0.385 e. The minimum atomic E-state index is 0.819. The van der Waals surface area contributed by atoms with Crippen LogP contribution in [-0.4, -0.2) is 13.7 Å². The number of ether oxygens (including phenoxy) is 1. The molecule has 0 aromatic carbocycles. The van der Waals surface area contributed by atoms with Crippen molar-refractivity contribution in [2.24, 2.45) is 0 Å². The average Bonchev–Trinajstić information content (AvgIpc) is 1.91. The quantitative estimate of drug-likeness (QED) is 0.514. The highest BCUT2D eigenvalue weighted by atomic mass is 16.5. The van der Waals surface area contributed by atoms with E-state index in [2.05, 4.69) is 17.9 Å². The van der Waals surface area contributed by atoms with E-state index in [4.69, 9.17) is 0 Å². The van der Waals surface area contributed by atoms with Crippen molar-refractivity contribution < 1.29 is 4.74 Å². The molecule has 62 valence electrons. The van der Waals surface area contributed by atoms with Crippen LogP contribution in [-0.2, 0) is 4.74 Å². The molecule has 0 heterocycles. The molecule has 0 radical (unpaired) electrons. The summed E-state index contributed by atoms with van der Waals surface area (Å²) in [5.74, 6) is 0. The molecule has 0 aromatic heterocycles. The molecule has 1 nitrogen and oxygen atoms in total. The number of allylic oxidation sites excluding steroid dienone is 2. The van der Waals surface area contributed by atoms with Crippen molar-refractivity contribution in [3.8, 4) is 0 Å². The normalized spacial score (nSPS) is 5.60. The zero-order chi connectivity index (χ0) is 8.83. The summed E-state index contributed by atoms with van der Waals surface area (Å²) >= 11 is 0. The SMILES string of the molecule is C=CC.C=CC.CCOC. The smallest absolute Gasteiger partial charge is 0.0433 e. The molecule has 0 rings (SSSR count). The molecule has 0 saturated carbocycles. The van der Waals surface area contributed by atoms with Crippen LogP contribution in [0, 0.1) is 0 Å². The summed E-state index contributed by atoms with van der Waals surface area (Å²) in [5, 5.41) is 0. The van der Waals surface area contributed by atoms with Crippen LogP contribution >= 0.6 is 0 Å². The average molecular weight is 144 g/mol. The molecule has 0 unspecified atom stereocenters. The molecule has 10 heavy (non-hydrogen) atoms. The lowest BCUT2D eigenvalue weighted by Crippen LogP contribution is -1.73. The lowest BCUT2D eigenvalue weighted by molar-refractivity contribution is 0.215. The molecular formula is C9H20O. The Hall–Kier alpha value is -0.560. The van der Waals surface area contributed by atoms with E-state index in [0.717, 1.165) is 6.61 Å². The molecule has 0 aliphatic rings. The van der Waals surface area contributed by atoms with Crippen LogP contribution in [0.25, 0.3) is 0 Å². The molecular weight excluding hydrogens is 124 g/mol. The van der Waals surface area contributed by atoms with Crippen LogP contribution in [0.2, 0.25) is 0 Å². The van der Waals surface area contributed by atoms with E-state index < -0.39 is 0 Å². The lowest BCUT2D eigenvalue weighted by Gasteiger charge is -1.76. The molecule has 0 bridgehead atoms. The fourth-order valence-electron chi connectivity index (χ4n) is 0. The molecule has 0 saturated heterocycles. The first kappa shape index (κ1) is 16.2. The van der Waals surface area contributed by atoms with Crippen molar-refractivity contribution >= 4 is 0 Å². The number of rotatable bonds is 1. The first-order valence-electron chi connectivity index (χ1n) is 3.38. The van der Waals surface area contributed by atoms with E-state index in [0.29, 0.717) is 0 Å². The zero-order valence-electron chi connectivity index (χ0n) is 7.68. The maximum atomic E-state index is 4.54. The van der Waals surface area contributed by atoms with Gasteiger partial charge in [-0.1, -0.05) is 12.2 Å². The van der Waals surface area contributed by atoms with Gasteiger partial charge in [0.15, 0.2) is 0 Å². The lowest BCUT2D eigenvalue weighted by atomic mass is 10.8. The van der Waals surface area contributed by atoms with Gasteiger partial charge in [-0.15, -0.1) is 13.2 Å². The number of methoxy groups -OCH3 is 1. The first-order chi connectivity index (χ1) is 4.74. The highest BCUT2D eigenvalue weighted by Crippen LogP contribution is 1.52. The van der Waals surface area contributed by atoms with E-state index in [1.54, 1.807) is 19.3 Å². The Balaban J connectivity index is -0.0000000750. The minimum Gasteiger partial charge on any atom is -0.385 e. The van der Waals surface area contributed by atoms with Gasteiger partial charge in [0.2, 0.25) is 0 Å². The fraction of sp³-hybridized carbons (Fsp3) is 0.556. The summed E-state index contributed by atoms with van der Waals surface area (Å²) in [4.78, 5) is 0. The van der Waals surface area contributed by atoms with Gasteiger partial charge in [-0.05, 0) is 20.8 Å². The molecule has 0 aromatic rings. The van der Waals surface area contributed by atoms with Crippen LogP contribution in [0.15, 0.2) is 25.3 Å². The summed E-state index contributed by atoms with van der Waals surface area (Å²) in [5.41, 5.74) is 0. The second-order valence-electron chi connectivity index (χ2n) is 1.39. The molecule has 0 spiro atoms. The van der Waals surface area contributed by atoms with Gasteiger partial charge in [0, 0.05) is 13.7 Å². The van der Waals surface area contributed by atoms with Crippen molar-refractivity contribution in [1.82, 2.24) is 0 Å². The van der Waals surface area contributed by atoms with E-state index in [1.807, 2.05) is 20.8 Å². The zero-order valence-corrected chi connectivity index (χ0v) is 7.68. The van der Waals surface area contributed by atoms with Crippen LogP contribution in [0.5, 0.6) is 0 Å². The van der Waals surface area contributed by atoms with Crippen molar-refractivity contribution in [3.63, 3.8) is 0 Å². The van der Waals surface area contributed by atoms with Gasteiger partial charge in [-0.3, -0.25) is 0 Å². The van der Waals surface area contributed by atoms with Gasteiger partial charge in [-0.2, -0.15) is 0 Å². The van der Waals surface area contributed by atoms with Gasteiger partial charge >= 0.3 is 0 Å². The third kappa shape index (κ3) is 1590. The monoisotopic (exact) mass is 144 g/mol. The van der Waals surface area contributed by atoms with E-state index in [-0.39, 0.29) is 0 Å². The summed E-state index contributed by atoms with van der Waals surface area (Å²) < 4.78 is 4.54. The Morgan fingerprint density at radius 3 is 1.30 bits per heavy atom. The molecule has 0 aliphatic carbocycles. The summed E-state index contributed by atoms with van der Waals surface area (Å²) in [7, 11) is 1.68. The highest BCUT2D eigenvalue weighted by Gasteiger charge is 1.51. The predicted molar refractivity (Wildman–Crippen MR) is 49.3 cm³/mol. The Kier molecular flexibility index (Phi) is 64.0. The summed E-state index contributed by atoms with van der Waals surface area (Å²) in [6.07, 6.45) is 3.50. The highest BCUT2D eigenvalue weighted by molar-refractivity contribution is 4.51. The van der Waals surface area contributed by atoms with Gasteiger partial charge in [0.25, 0.3) is 0 Å². The first-order valence-corrected chi connectivity index (χ1v) is 3.38. The van der Waals surface area contributed by atoms with Crippen molar-refractivity contribution in [1.29, 1.82) is 0 Å². The third-order valence-electron chi connectivity index (χ3n) is 0.289. The second-order valence-corrected chi connectivity index (χ2v) is 1.39. The third-order valence-corrected chi connectivity index (χ3v) is 0.289. The molecule has 0 atom stereocenters. The maximum Gasteiger partial charge on any atom is 0.0433 e. The Labute approximate surface area is 65.4 Å². The summed E-state index contributed by atoms with van der Waals surface area (Å²) in [6.45, 7) is 13.3. The van der Waals surface area contributed by atoms with Gasteiger partial charge in [0.05, 0.1) is 0 Å². The van der Waals surface area contributed by atoms with Crippen LogP contribution < -0.4 is 0 Å². The van der Waals surface area contributed by atoms with Crippen molar-refractivity contribution in [3.05, 3.63) is 25.3 Å². The standard InChI is InChI=1S/C3H8O.2C3H6/c1-3-4-2;2*1-3-2/h3H2,1-2H3;2*3H,1H2,2H3. The fourth-order valence-corrected chi connectivity index (χ4v) is 0. The Morgan fingerprint density at radius 1 is 1.20 bits per heavy atom. The molecule has 0 N–H and O–H groups in total. The molecule has 1 heteroatoms. The van der Waals surface area contributed by atoms with Crippen LogP contribution in [0.3, 0.4) is 0 Å². The van der Waals surface area contributed by atoms with Crippen molar-refractivity contribution in [2.75, 3.05) is 13.7 Å². The maximum absolute atomic E-state index is 4.54. The van der Waals surface area contributed by atoms with Gasteiger partial charge in [-0.25, -0.2) is 0 Å². The van der Waals surface area contributed by atoms with Crippen LogP contribution in [0.4, 0.5) is 0 Å². The van der Waals surface area contributed by atoms with Crippen molar-refractivity contribution in [2.45, 2.75) is 20.8 Å². The van der Waals surface area contributed by atoms with E-state index >= 15 is 0 Å². The second kappa shape index (κ2) is 39.5. The number of hydrogen-bond acceptors (Lipinski definition) is 1. The molecule has 0 aliphatic heterocycles. The molecule has 0 fully saturated rings. The van der Waals surface area contributed by atoms with E-state index in [1.165, 1.54) is 0 Å². The van der Waals surface area contributed by atoms with E-state index in [9.17, 15) is 0 Å². The summed E-state index contributed by atoms with van der Waals surface area (Å²) in [6, 6.07) is 0. The minimum absolute atomic E-state index is 0.819. The predicted octanol–water partition coefficient (Wildman–Crippen LogP) is 3.04. The number of hydrogen-bond donors (Lipinski definition) is 0. The van der Waals surface area contributed by atoms with Crippen LogP contribution in [0.1, 0.15) is 20.8 Å². The van der Waals surface area contributed by atoms with Gasteiger partial charge in [0.1, 0.15) is 0 Å².